The van der Waals surface area contributed by atoms with Gasteiger partial charge in [0.1, 0.15) is 11.5 Å². The van der Waals surface area contributed by atoms with E-state index in [9.17, 15) is 29.1 Å². The molecule has 2 amide bonds. The van der Waals surface area contributed by atoms with Crippen LogP contribution in [-0.2, 0) is 30.4 Å². The molecule has 0 spiro atoms. The van der Waals surface area contributed by atoms with E-state index in [1.807, 2.05) is 6.08 Å². The van der Waals surface area contributed by atoms with Crippen LogP contribution in [0.25, 0.3) is 0 Å². The van der Waals surface area contributed by atoms with Gasteiger partial charge in [0.25, 0.3) is 0 Å². The number of likely N-dealkylation sites (tertiary alicyclic amines) is 1. The SMILES string of the molecule is O=C(O)CCCN1C(=O)C2CC=C3C(C4=COc5ccc(O)cc5C4)C4=C(CC3C2C1=O)C(=O)C(Br)=CC4=O. The van der Waals surface area contributed by atoms with Gasteiger partial charge in [-0.2, -0.15) is 0 Å². The van der Waals surface area contributed by atoms with Gasteiger partial charge in [0.2, 0.25) is 11.8 Å². The first-order chi connectivity index (χ1) is 18.7. The van der Waals surface area contributed by atoms with Crippen LogP contribution in [0.3, 0.4) is 0 Å². The van der Waals surface area contributed by atoms with Gasteiger partial charge in [0, 0.05) is 48.1 Å². The molecule has 3 aliphatic carbocycles. The van der Waals surface area contributed by atoms with E-state index in [0.717, 1.165) is 16.7 Å². The minimum atomic E-state index is -0.998. The molecule has 1 aromatic carbocycles. The molecule has 5 aliphatic rings. The molecule has 1 saturated heterocycles. The van der Waals surface area contributed by atoms with Gasteiger partial charge in [-0.05, 0) is 64.9 Å². The average molecular weight is 594 g/mol. The van der Waals surface area contributed by atoms with Gasteiger partial charge in [-0.1, -0.05) is 11.6 Å². The van der Waals surface area contributed by atoms with Crippen molar-refractivity contribution in [3.8, 4) is 11.5 Å². The topological polar surface area (TPSA) is 138 Å². The molecule has 0 aromatic heterocycles. The molecule has 9 nitrogen and oxygen atoms in total. The number of ketones is 2. The van der Waals surface area contributed by atoms with E-state index in [1.165, 1.54) is 17.0 Å². The zero-order valence-corrected chi connectivity index (χ0v) is 22.3. The Kier molecular flexibility index (Phi) is 6.17. The number of hydrogen-bond donors (Lipinski definition) is 2. The summed E-state index contributed by atoms with van der Waals surface area (Å²) in [5.74, 6) is -4.03. The smallest absolute Gasteiger partial charge is 0.303 e. The highest BCUT2D eigenvalue weighted by Gasteiger charge is 2.56. The van der Waals surface area contributed by atoms with Crippen LogP contribution in [0.15, 0.2) is 63.4 Å². The number of fused-ring (bicyclic) bond motifs is 4. The number of imide groups is 1. The Bertz CT molecular complexity index is 1500. The van der Waals surface area contributed by atoms with Gasteiger partial charge in [-0.25, -0.2) is 0 Å². The third-order valence-electron chi connectivity index (χ3n) is 8.34. The maximum atomic E-state index is 13.6. The highest BCUT2D eigenvalue weighted by molar-refractivity contribution is 9.12. The van der Waals surface area contributed by atoms with Crippen molar-refractivity contribution in [2.45, 2.75) is 32.1 Å². The van der Waals surface area contributed by atoms with Gasteiger partial charge in [0.05, 0.1) is 22.6 Å². The number of carboxylic acid groups (broad SMARTS) is 1. The average Bonchev–Trinajstić information content (AvgIpc) is 3.15. The lowest BCUT2D eigenvalue weighted by molar-refractivity contribution is -0.142. The fourth-order valence-corrected chi connectivity index (χ4v) is 7.14. The van der Waals surface area contributed by atoms with Crippen LogP contribution in [0.4, 0.5) is 0 Å². The summed E-state index contributed by atoms with van der Waals surface area (Å²) in [6.07, 6.45) is 5.62. The number of halogens is 1. The van der Waals surface area contributed by atoms with Crippen LogP contribution in [0, 0.1) is 23.7 Å². The minimum Gasteiger partial charge on any atom is -0.508 e. The normalized spacial score (nSPS) is 27.6. The number of rotatable bonds is 5. The highest BCUT2D eigenvalue weighted by Crippen LogP contribution is 2.55. The van der Waals surface area contributed by atoms with Crippen molar-refractivity contribution in [3.05, 3.63) is 69.0 Å². The number of phenolic OH excluding ortho intramolecular Hbond substituents is 1. The molecule has 2 heterocycles. The van der Waals surface area contributed by atoms with E-state index < -0.39 is 29.6 Å². The summed E-state index contributed by atoms with van der Waals surface area (Å²) in [5.41, 5.74) is 2.95. The van der Waals surface area contributed by atoms with Gasteiger partial charge in [-0.15, -0.1) is 0 Å². The zero-order chi connectivity index (χ0) is 27.6. The summed E-state index contributed by atoms with van der Waals surface area (Å²) in [5, 5.41) is 19.0. The molecule has 2 N–H and O–H groups in total. The molecule has 1 fully saturated rings. The van der Waals surface area contributed by atoms with E-state index in [2.05, 4.69) is 15.9 Å². The standard InChI is InChI=1S/C29H24BrNO8/c30-20-11-21(33)26-19(27(20)36)10-18-16(24(26)14-8-13-9-15(32)3-6-22(13)39-12-14)4-5-17-25(18)29(38)31(28(17)37)7-1-2-23(34)35/h3-4,6,9,11-12,17-18,24-25,32H,1-2,5,7-8,10H2,(H,34,35). The molecule has 10 heteroatoms. The number of phenols is 1. The van der Waals surface area contributed by atoms with Crippen molar-refractivity contribution in [1.82, 2.24) is 4.90 Å². The number of carbonyl (C=O) groups excluding carboxylic acids is 4. The molecule has 6 rings (SSSR count). The lowest BCUT2D eigenvalue weighted by atomic mass is 9.59. The first-order valence-corrected chi connectivity index (χ1v) is 13.6. The first kappa shape index (κ1) is 25.5. The number of allylic oxidation sites excluding steroid dienone is 7. The molecule has 2 aliphatic heterocycles. The van der Waals surface area contributed by atoms with Crippen LogP contribution >= 0.6 is 15.9 Å². The van der Waals surface area contributed by atoms with Gasteiger partial charge < -0.3 is 14.9 Å². The third-order valence-corrected chi connectivity index (χ3v) is 8.93. The fraction of sp³-hybridized carbons (Fsp3) is 0.345. The summed E-state index contributed by atoms with van der Waals surface area (Å²) in [6.45, 7) is 0.0291. The van der Waals surface area contributed by atoms with Gasteiger partial charge in [-0.3, -0.25) is 28.9 Å². The van der Waals surface area contributed by atoms with E-state index in [4.69, 9.17) is 9.84 Å². The number of amides is 2. The van der Waals surface area contributed by atoms with Crippen molar-refractivity contribution in [3.63, 3.8) is 0 Å². The number of benzene rings is 1. The molecular formula is C29H24BrNO8. The number of carboxylic acids is 1. The molecule has 0 bridgehead atoms. The number of ether oxygens (including phenoxy) is 1. The molecule has 39 heavy (non-hydrogen) atoms. The molecule has 4 atom stereocenters. The Morgan fingerprint density at radius 2 is 1.92 bits per heavy atom. The quantitative estimate of drug-likeness (QED) is 0.301. The summed E-state index contributed by atoms with van der Waals surface area (Å²) in [6, 6.07) is 4.78. The number of aliphatic carboxylic acids is 1. The van der Waals surface area contributed by atoms with Crippen LogP contribution in [0.1, 0.15) is 31.2 Å². The number of aromatic hydroxyl groups is 1. The van der Waals surface area contributed by atoms with Crippen LogP contribution in [0.2, 0.25) is 0 Å². The van der Waals surface area contributed by atoms with Crippen molar-refractivity contribution < 1.29 is 38.9 Å². The van der Waals surface area contributed by atoms with E-state index in [1.54, 1.807) is 18.4 Å². The Hall–Kier alpha value is -3.79. The molecule has 4 unspecified atom stereocenters. The predicted octanol–water partition coefficient (Wildman–Crippen LogP) is 3.37. The third kappa shape index (κ3) is 4.09. The second kappa shape index (κ2) is 9.44. The van der Waals surface area contributed by atoms with Crippen molar-refractivity contribution in [2.75, 3.05) is 6.54 Å². The number of hydrogen-bond acceptors (Lipinski definition) is 7. The lowest BCUT2D eigenvalue weighted by Gasteiger charge is -2.43. The van der Waals surface area contributed by atoms with Crippen molar-refractivity contribution in [1.29, 1.82) is 0 Å². The summed E-state index contributed by atoms with van der Waals surface area (Å²) >= 11 is 3.21. The zero-order valence-electron chi connectivity index (χ0n) is 20.7. The molecule has 0 saturated carbocycles. The van der Waals surface area contributed by atoms with Crippen molar-refractivity contribution >= 4 is 45.3 Å². The van der Waals surface area contributed by atoms with Crippen LogP contribution in [-0.4, -0.2) is 51.0 Å². The van der Waals surface area contributed by atoms with Gasteiger partial charge in [0.15, 0.2) is 11.6 Å². The van der Waals surface area contributed by atoms with Crippen LogP contribution in [0.5, 0.6) is 11.5 Å². The van der Waals surface area contributed by atoms with E-state index in [-0.39, 0.29) is 59.4 Å². The van der Waals surface area contributed by atoms with Crippen LogP contribution < -0.4 is 4.74 Å². The number of nitrogens with zero attached hydrogens (tertiary/aromatic N) is 1. The van der Waals surface area contributed by atoms with E-state index >= 15 is 0 Å². The Morgan fingerprint density at radius 3 is 2.69 bits per heavy atom. The largest absolute Gasteiger partial charge is 0.508 e. The highest BCUT2D eigenvalue weighted by atomic mass is 79.9. The van der Waals surface area contributed by atoms with E-state index in [0.29, 0.717) is 29.7 Å². The summed E-state index contributed by atoms with van der Waals surface area (Å²) in [4.78, 5) is 65.6. The fourth-order valence-electron chi connectivity index (χ4n) is 6.69. The molecule has 200 valence electrons. The predicted molar refractivity (Wildman–Crippen MR) is 139 cm³/mol. The Balaban J connectivity index is 1.40. The molecule has 1 aromatic rings. The first-order valence-electron chi connectivity index (χ1n) is 12.8. The summed E-state index contributed by atoms with van der Waals surface area (Å²) in [7, 11) is 0. The van der Waals surface area contributed by atoms with Gasteiger partial charge >= 0.3 is 5.97 Å². The monoisotopic (exact) mass is 593 g/mol. The second-order valence-corrected chi connectivity index (χ2v) is 11.4. The molecule has 0 radical (unpaired) electrons. The number of Topliss-reactive ketones (excluding diaryl/α,β-unsaturated/α-hetero) is 1. The number of carbonyl (C=O) groups is 5. The summed E-state index contributed by atoms with van der Waals surface area (Å²) < 4.78 is 6.02. The molecular weight excluding hydrogens is 570 g/mol. The van der Waals surface area contributed by atoms with Crippen molar-refractivity contribution in [2.24, 2.45) is 23.7 Å². The second-order valence-electron chi connectivity index (χ2n) is 10.5. The maximum Gasteiger partial charge on any atom is 0.303 e. The maximum absolute atomic E-state index is 13.6. The Morgan fingerprint density at radius 1 is 1.13 bits per heavy atom. The lowest BCUT2D eigenvalue weighted by Crippen LogP contribution is -2.41. The Labute approximate surface area is 231 Å². The minimum absolute atomic E-state index is 0.0291.